The maximum atomic E-state index is 11.6. The van der Waals surface area contributed by atoms with Gasteiger partial charge in [-0.2, -0.15) is 0 Å². The van der Waals surface area contributed by atoms with Gasteiger partial charge in [0.2, 0.25) is 0 Å². The van der Waals surface area contributed by atoms with Crippen LogP contribution >= 0.6 is 0 Å². The smallest absolute Gasteiger partial charge is 0.137 e. The first kappa shape index (κ1) is 11.8. The molecule has 0 saturated heterocycles. The summed E-state index contributed by atoms with van der Waals surface area (Å²) in [7, 11) is 0. The van der Waals surface area contributed by atoms with E-state index in [4.69, 9.17) is 5.73 Å². The minimum atomic E-state index is 0.288. The van der Waals surface area contributed by atoms with Crippen molar-refractivity contribution in [3.63, 3.8) is 0 Å². The Hall–Kier alpha value is -1.68. The minimum absolute atomic E-state index is 0.288. The van der Waals surface area contributed by atoms with Crippen LogP contribution in [0.25, 0.3) is 11.0 Å². The molecule has 2 rings (SSSR count). The molecule has 90 valence electrons. The summed E-state index contributed by atoms with van der Waals surface area (Å²) in [6, 6.07) is 3.98. The molecule has 4 heteroatoms. The van der Waals surface area contributed by atoms with Crippen molar-refractivity contribution in [1.82, 2.24) is 9.97 Å². The Labute approximate surface area is 100 Å². The monoisotopic (exact) mass is 231 g/mol. The molecule has 0 aliphatic carbocycles. The van der Waals surface area contributed by atoms with Gasteiger partial charge in [-0.25, -0.2) is 4.98 Å². The summed E-state index contributed by atoms with van der Waals surface area (Å²) in [5.74, 6) is 0.288. The molecule has 17 heavy (non-hydrogen) atoms. The number of nitrogens with zero attached hydrogens (tertiary/aromatic N) is 1. The first-order valence-electron chi connectivity index (χ1n) is 5.94. The molecule has 4 nitrogen and oxygen atoms in total. The number of carbonyl (C=O) groups excluding carboxylic acids is 1. The summed E-state index contributed by atoms with van der Waals surface area (Å²) in [4.78, 5) is 18.9. The topological polar surface area (TPSA) is 71.8 Å². The standard InChI is InChI=1S/C13H17N3O/c14-7-1-2-11(17)4-3-10-5-8-15-13-12(10)6-9-16-13/h5-6,8-9H,1-4,7,14H2,(H,15,16). The van der Waals surface area contributed by atoms with Gasteiger partial charge in [-0.15, -0.1) is 0 Å². The summed E-state index contributed by atoms with van der Waals surface area (Å²) in [6.45, 7) is 0.586. The van der Waals surface area contributed by atoms with Gasteiger partial charge >= 0.3 is 0 Å². The number of aromatic amines is 1. The van der Waals surface area contributed by atoms with E-state index in [0.29, 0.717) is 19.4 Å². The van der Waals surface area contributed by atoms with E-state index in [9.17, 15) is 4.79 Å². The van der Waals surface area contributed by atoms with Gasteiger partial charge in [0, 0.05) is 30.6 Å². The van der Waals surface area contributed by atoms with Crippen LogP contribution in [0.15, 0.2) is 24.5 Å². The van der Waals surface area contributed by atoms with Crippen LogP contribution in [0.4, 0.5) is 0 Å². The minimum Gasteiger partial charge on any atom is -0.346 e. The molecule has 0 bridgehead atoms. The lowest BCUT2D eigenvalue weighted by Gasteiger charge is -2.02. The maximum absolute atomic E-state index is 11.6. The maximum Gasteiger partial charge on any atom is 0.137 e. The Morgan fingerprint density at radius 2 is 2.24 bits per heavy atom. The van der Waals surface area contributed by atoms with Crippen molar-refractivity contribution in [2.24, 2.45) is 5.73 Å². The van der Waals surface area contributed by atoms with Crippen molar-refractivity contribution < 1.29 is 4.79 Å². The molecule has 0 aromatic carbocycles. The van der Waals surface area contributed by atoms with Crippen LogP contribution in [-0.2, 0) is 11.2 Å². The van der Waals surface area contributed by atoms with Crippen LogP contribution < -0.4 is 5.73 Å². The zero-order chi connectivity index (χ0) is 12.1. The fourth-order valence-electron chi connectivity index (χ4n) is 1.93. The molecule has 0 unspecified atom stereocenters. The number of Topliss-reactive ketones (excluding diaryl/α,β-unsaturated/α-hetero) is 1. The third-order valence-electron chi connectivity index (χ3n) is 2.88. The fourth-order valence-corrected chi connectivity index (χ4v) is 1.93. The number of carbonyl (C=O) groups is 1. The highest BCUT2D eigenvalue weighted by Gasteiger charge is 2.06. The number of aromatic nitrogens is 2. The van der Waals surface area contributed by atoms with E-state index in [2.05, 4.69) is 9.97 Å². The Morgan fingerprint density at radius 3 is 3.06 bits per heavy atom. The summed E-state index contributed by atoms with van der Waals surface area (Å²) in [5.41, 5.74) is 7.44. The fraction of sp³-hybridized carbons (Fsp3) is 0.385. The summed E-state index contributed by atoms with van der Waals surface area (Å²) in [6.07, 6.45) is 6.40. The number of H-pyrrole nitrogens is 1. The first-order chi connectivity index (χ1) is 8.31. The highest BCUT2D eigenvalue weighted by molar-refractivity contribution is 5.82. The van der Waals surface area contributed by atoms with E-state index in [-0.39, 0.29) is 5.78 Å². The van der Waals surface area contributed by atoms with Gasteiger partial charge in [-0.3, -0.25) is 4.79 Å². The van der Waals surface area contributed by atoms with Gasteiger partial charge in [-0.1, -0.05) is 0 Å². The normalized spacial score (nSPS) is 10.9. The number of ketones is 1. The lowest BCUT2D eigenvalue weighted by atomic mass is 10.0. The molecule has 3 N–H and O–H groups in total. The van der Waals surface area contributed by atoms with Crippen molar-refractivity contribution in [1.29, 1.82) is 0 Å². The van der Waals surface area contributed by atoms with Gasteiger partial charge in [0.05, 0.1) is 0 Å². The van der Waals surface area contributed by atoms with Gasteiger partial charge in [0.1, 0.15) is 11.4 Å². The summed E-state index contributed by atoms with van der Waals surface area (Å²) >= 11 is 0. The van der Waals surface area contributed by atoms with Crippen molar-refractivity contribution >= 4 is 16.8 Å². The predicted octanol–water partition coefficient (Wildman–Crippen LogP) is 1.80. The molecular weight excluding hydrogens is 214 g/mol. The molecular formula is C13H17N3O. The molecule has 0 saturated carbocycles. The molecule has 0 amide bonds. The van der Waals surface area contributed by atoms with Crippen LogP contribution in [0.3, 0.4) is 0 Å². The molecule has 0 aliphatic heterocycles. The van der Waals surface area contributed by atoms with Gasteiger partial charge in [-0.05, 0) is 37.1 Å². The van der Waals surface area contributed by atoms with Crippen LogP contribution in [0.5, 0.6) is 0 Å². The number of nitrogens with two attached hydrogens (primary N) is 1. The third-order valence-corrected chi connectivity index (χ3v) is 2.88. The van der Waals surface area contributed by atoms with Crippen molar-refractivity contribution in [2.75, 3.05) is 6.54 Å². The largest absolute Gasteiger partial charge is 0.346 e. The Bertz CT molecular complexity index is 504. The lowest BCUT2D eigenvalue weighted by molar-refractivity contribution is -0.119. The average Bonchev–Trinajstić information content (AvgIpc) is 2.82. The second-order valence-corrected chi connectivity index (χ2v) is 4.14. The van der Waals surface area contributed by atoms with Crippen molar-refractivity contribution in [3.05, 3.63) is 30.1 Å². The van der Waals surface area contributed by atoms with Gasteiger partial charge in [0.15, 0.2) is 0 Å². The highest BCUT2D eigenvalue weighted by Crippen LogP contribution is 2.16. The van der Waals surface area contributed by atoms with Crippen LogP contribution in [-0.4, -0.2) is 22.3 Å². The molecule has 2 aromatic heterocycles. The Kier molecular flexibility index (Phi) is 3.88. The van der Waals surface area contributed by atoms with Crippen LogP contribution in [0, 0.1) is 0 Å². The van der Waals surface area contributed by atoms with E-state index >= 15 is 0 Å². The SMILES string of the molecule is NCCCC(=O)CCc1ccnc2[nH]ccc12. The number of fused-ring (bicyclic) bond motifs is 1. The molecule has 0 radical (unpaired) electrons. The quantitative estimate of drug-likeness (QED) is 0.796. The number of aryl methyl sites for hydroxylation is 1. The zero-order valence-electron chi connectivity index (χ0n) is 9.78. The molecule has 2 aromatic rings. The molecule has 0 aliphatic rings. The lowest BCUT2D eigenvalue weighted by Crippen LogP contribution is -2.05. The van der Waals surface area contributed by atoms with Crippen LogP contribution in [0.1, 0.15) is 24.8 Å². The third kappa shape index (κ3) is 2.91. The number of nitrogens with one attached hydrogen (secondary N) is 1. The second kappa shape index (κ2) is 5.59. The number of rotatable bonds is 6. The average molecular weight is 231 g/mol. The molecule has 0 atom stereocenters. The number of pyridine rings is 1. The van der Waals surface area contributed by atoms with E-state index in [0.717, 1.165) is 23.9 Å². The van der Waals surface area contributed by atoms with Gasteiger partial charge in [0.25, 0.3) is 0 Å². The van der Waals surface area contributed by atoms with Crippen molar-refractivity contribution in [3.8, 4) is 0 Å². The van der Waals surface area contributed by atoms with Crippen LogP contribution in [0.2, 0.25) is 0 Å². The van der Waals surface area contributed by atoms with E-state index in [1.54, 1.807) is 6.20 Å². The molecule has 0 fully saturated rings. The first-order valence-corrected chi connectivity index (χ1v) is 5.94. The second-order valence-electron chi connectivity index (χ2n) is 4.14. The Morgan fingerprint density at radius 1 is 1.35 bits per heavy atom. The summed E-state index contributed by atoms with van der Waals surface area (Å²) in [5, 5.41) is 1.11. The van der Waals surface area contributed by atoms with E-state index in [1.165, 1.54) is 5.56 Å². The molecule has 0 spiro atoms. The molecule has 2 heterocycles. The predicted molar refractivity (Wildman–Crippen MR) is 67.7 cm³/mol. The summed E-state index contributed by atoms with van der Waals surface area (Å²) < 4.78 is 0. The van der Waals surface area contributed by atoms with E-state index in [1.807, 2.05) is 18.3 Å². The zero-order valence-corrected chi connectivity index (χ0v) is 9.78. The Balaban J connectivity index is 1.99. The number of hydrogen-bond acceptors (Lipinski definition) is 3. The van der Waals surface area contributed by atoms with Gasteiger partial charge < -0.3 is 10.7 Å². The van der Waals surface area contributed by atoms with E-state index < -0.39 is 0 Å². The highest BCUT2D eigenvalue weighted by atomic mass is 16.1. The number of hydrogen-bond donors (Lipinski definition) is 2. The van der Waals surface area contributed by atoms with Crippen molar-refractivity contribution in [2.45, 2.75) is 25.7 Å².